The van der Waals surface area contributed by atoms with Crippen LogP contribution in [0.2, 0.25) is 0 Å². The van der Waals surface area contributed by atoms with E-state index in [0.717, 1.165) is 6.26 Å². The summed E-state index contributed by atoms with van der Waals surface area (Å²) in [6, 6.07) is 0. The smallest absolute Gasteiger partial charge is 0.417 e. The quantitative estimate of drug-likeness (QED) is 0.127. The van der Waals surface area contributed by atoms with Gasteiger partial charge in [-0.2, -0.15) is 13.2 Å². The number of esters is 3. The highest BCUT2D eigenvalue weighted by Gasteiger charge is 2.52. The summed E-state index contributed by atoms with van der Waals surface area (Å²) in [5.74, 6) is -2.51. The van der Waals surface area contributed by atoms with E-state index >= 15 is 0 Å². The number of halogens is 3. The number of carbonyl (C=O) groups excluding carboxylic acids is 3. The minimum absolute atomic E-state index is 0.0854. The number of hydrogen-bond donors (Lipinski definition) is 3. The monoisotopic (exact) mass is 607 g/mol. The number of sulfonamides is 1. The molecule has 0 heterocycles. The van der Waals surface area contributed by atoms with Gasteiger partial charge in [-0.25, -0.2) is 13.1 Å². The van der Waals surface area contributed by atoms with Crippen molar-refractivity contribution in [2.75, 3.05) is 32.6 Å². The molecule has 0 aromatic carbocycles. The van der Waals surface area contributed by atoms with Gasteiger partial charge in [0.1, 0.15) is 19.3 Å². The third-order valence-electron chi connectivity index (χ3n) is 6.56. The van der Waals surface area contributed by atoms with Crippen LogP contribution >= 0.6 is 0 Å². The first-order valence-corrected chi connectivity index (χ1v) is 14.6. The Labute approximate surface area is 234 Å². The van der Waals surface area contributed by atoms with E-state index in [1.54, 1.807) is 6.92 Å². The van der Waals surface area contributed by atoms with E-state index in [9.17, 15) is 41.1 Å². The standard InChI is InChI=1S/C25H44F3NO10S/c1-9-22(5,20(33)39-17(2)14-24(7,34)25(26,27)28)16-23(6,15-21(3,4)18(31)38-13-11-30)19(32)37-12-10-29-40(8,35)36/h17,29-30,34H,9-16H2,1-8H3. The maximum absolute atomic E-state index is 13.3. The summed E-state index contributed by atoms with van der Waals surface area (Å²) in [5, 5.41) is 18.8. The van der Waals surface area contributed by atoms with E-state index in [0.29, 0.717) is 6.92 Å². The fourth-order valence-corrected chi connectivity index (χ4v) is 4.83. The molecule has 0 radical (unpaired) electrons. The third kappa shape index (κ3) is 11.9. The summed E-state index contributed by atoms with van der Waals surface area (Å²) in [7, 11) is -3.56. The first-order chi connectivity index (χ1) is 17.9. The Morgan fingerprint density at radius 2 is 1.43 bits per heavy atom. The van der Waals surface area contributed by atoms with Crippen molar-refractivity contribution in [3.05, 3.63) is 0 Å². The maximum Gasteiger partial charge on any atom is 0.417 e. The van der Waals surface area contributed by atoms with E-state index < -0.39 is 75.1 Å². The van der Waals surface area contributed by atoms with Crippen LogP contribution in [0.5, 0.6) is 0 Å². The molecule has 0 bridgehead atoms. The summed E-state index contributed by atoms with van der Waals surface area (Å²) in [6.45, 7) is 7.99. The van der Waals surface area contributed by atoms with Gasteiger partial charge in [-0.15, -0.1) is 0 Å². The zero-order chi connectivity index (χ0) is 31.8. The van der Waals surface area contributed by atoms with Crippen molar-refractivity contribution in [2.45, 2.75) is 92.0 Å². The molecule has 0 aliphatic carbocycles. The van der Waals surface area contributed by atoms with E-state index in [1.807, 2.05) is 0 Å². The molecule has 0 saturated carbocycles. The van der Waals surface area contributed by atoms with Gasteiger partial charge in [0.2, 0.25) is 10.0 Å². The molecule has 0 aliphatic rings. The number of hydrogen-bond acceptors (Lipinski definition) is 10. The Bertz CT molecular complexity index is 984. The molecule has 4 atom stereocenters. The largest absolute Gasteiger partial charge is 0.464 e. The molecule has 0 rings (SSSR count). The van der Waals surface area contributed by atoms with Crippen LogP contribution in [0.15, 0.2) is 0 Å². The van der Waals surface area contributed by atoms with Crippen LogP contribution in [0.25, 0.3) is 0 Å². The normalized spacial score (nSPS) is 18.0. The van der Waals surface area contributed by atoms with Crippen LogP contribution in [-0.4, -0.2) is 87.0 Å². The van der Waals surface area contributed by atoms with Crippen LogP contribution in [-0.2, 0) is 38.6 Å². The molecule has 0 saturated heterocycles. The van der Waals surface area contributed by atoms with Gasteiger partial charge in [-0.3, -0.25) is 14.4 Å². The van der Waals surface area contributed by atoms with E-state index in [-0.39, 0.29) is 39.0 Å². The van der Waals surface area contributed by atoms with Crippen molar-refractivity contribution in [1.29, 1.82) is 0 Å². The predicted molar refractivity (Wildman–Crippen MR) is 138 cm³/mol. The molecule has 0 fully saturated rings. The predicted octanol–water partition coefficient (Wildman–Crippen LogP) is 2.48. The Balaban J connectivity index is 6.07. The minimum Gasteiger partial charge on any atom is -0.464 e. The maximum atomic E-state index is 13.3. The minimum atomic E-state index is -4.95. The Morgan fingerprint density at radius 3 is 1.88 bits per heavy atom. The highest BCUT2D eigenvalue weighted by molar-refractivity contribution is 7.88. The van der Waals surface area contributed by atoms with E-state index in [2.05, 4.69) is 4.72 Å². The molecular formula is C25H44F3NO10S. The number of carbonyl (C=O) groups is 3. The fraction of sp³-hybridized carbons (Fsp3) is 0.880. The van der Waals surface area contributed by atoms with Crippen LogP contribution < -0.4 is 4.72 Å². The van der Waals surface area contributed by atoms with Crippen molar-refractivity contribution in [3.8, 4) is 0 Å². The average molecular weight is 608 g/mol. The first kappa shape index (κ1) is 38.0. The summed E-state index contributed by atoms with van der Waals surface area (Å²) < 4.78 is 79.7. The van der Waals surface area contributed by atoms with Gasteiger partial charge in [-0.05, 0) is 60.8 Å². The van der Waals surface area contributed by atoms with Gasteiger partial charge in [0.15, 0.2) is 5.60 Å². The Hall–Kier alpha value is -1.97. The molecule has 0 aliphatic heterocycles. The summed E-state index contributed by atoms with van der Waals surface area (Å²) >= 11 is 0. The number of alkyl halides is 3. The van der Waals surface area contributed by atoms with Crippen molar-refractivity contribution in [3.63, 3.8) is 0 Å². The summed E-state index contributed by atoms with van der Waals surface area (Å²) in [6.07, 6.45) is -6.66. The number of aliphatic hydroxyl groups is 2. The second-order valence-electron chi connectivity index (χ2n) is 11.6. The van der Waals surface area contributed by atoms with Gasteiger partial charge in [0.05, 0.1) is 29.1 Å². The summed E-state index contributed by atoms with van der Waals surface area (Å²) in [5.41, 5.74) is -7.42. The van der Waals surface area contributed by atoms with Gasteiger partial charge < -0.3 is 24.4 Å². The first-order valence-electron chi connectivity index (χ1n) is 12.8. The lowest BCUT2D eigenvalue weighted by Gasteiger charge is -2.40. The molecule has 11 nitrogen and oxygen atoms in total. The average Bonchev–Trinajstić information content (AvgIpc) is 2.77. The number of rotatable bonds is 17. The SMILES string of the molecule is CCC(C)(CC(C)(CC(C)(C)C(=O)OCCO)C(=O)OCCNS(C)(=O)=O)C(=O)OC(C)CC(C)(O)C(F)(F)F. The number of ether oxygens (including phenoxy) is 3. The molecule has 236 valence electrons. The Kier molecular flexibility index (Phi) is 13.6. The molecule has 3 N–H and O–H groups in total. The van der Waals surface area contributed by atoms with Crippen molar-refractivity contribution >= 4 is 27.9 Å². The highest BCUT2D eigenvalue weighted by atomic mass is 32.2. The second kappa shape index (κ2) is 14.3. The van der Waals surface area contributed by atoms with Gasteiger partial charge in [0.25, 0.3) is 0 Å². The molecule has 0 spiro atoms. The highest BCUT2D eigenvalue weighted by Crippen LogP contribution is 2.46. The van der Waals surface area contributed by atoms with Crippen molar-refractivity contribution in [2.24, 2.45) is 16.2 Å². The zero-order valence-electron chi connectivity index (χ0n) is 24.4. The molecule has 0 amide bonds. The lowest BCUT2D eigenvalue weighted by atomic mass is 9.65. The van der Waals surface area contributed by atoms with Crippen molar-refractivity contribution < 1.29 is 60.4 Å². The van der Waals surface area contributed by atoms with E-state index in [4.69, 9.17) is 19.3 Å². The lowest BCUT2D eigenvalue weighted by Crippen LogP contribution is -2.47. The molecule has 15 heteroatoms. The van der Waals surface area contributed by atoms with Crippen molar-refractivity contribution in [1.82, 2.24) is 4.72 Å². The molecule has 0 aromatic rings. The molecule has 40 heavy (non-hydrogen) atoms. The lowest BCUT2D eigenvalue weighted by molar-refractivity contribution is -0.261. The van der Waals surface area contributed by atoms with Crippen LogP contribution in [0.4, 0.5) is 13.2 Å². The second-order valence-corrected chi connectivity index (χ2v) is 13.4. The number of aliphatic hydroxyl groups excluding tert-OH is 1. The molecule has 0 aromatic heterocycles. The summed E-state index contributed by atoms with van der Waals surface area (Å²) in [4.78, 5) is 39.2. The van der Waals surface area contributed by atoms with E-state index in [1.165, 1.54) is 34.6 Å². The number of nitrogens with one attached hydrogen (secondary N) is 1. The zero-order valence-corrected chi connectivity index (χ0v) is 25.3. The van der Waals surface area contributed by atoms with Gasteiger partial charge in [-0.1, -0.05) is 6.92 Å². The molecular weight excluding hydrogens is 563 g/mol. The van der Waals surface area contributed by atoms with Gasteiger partial charge >= 0.3 is 24.1 Å². The Morgan fingerprint density at radius 1 is 0.900 bits per heavy atom. The topological polar surface area (TPSA) is 166 Å². The van der Waals surface area contributed by atoms with Crippen LogP contribution in [0.1, 0.15) is 74.1 Å². The van der Waals surface area contributed by atoms with Crippen LogP contribution in [0.3, 0.4) is 0 Å². The van der Waals surface area contributed by atoms with Crippen LogP contribution in [0, 0.1) is 16.2 Å². The third-order valence-corrected chi connectivity index (χ3v) is 7.29. The molecule has 4 unspecified atom stereocenters. The fourth-order valence-electron chi connectivity index (χ4n) is 4.38. The van der Waals surface area contributed by atoms with Gasteiger partial charge in [0, 0.05) is 13.0 Å².